The highest BCUT2D eigenvalue weighted by atomic mass is 14.9. The smallest absolute Gasteiger partial charge is 0.0376 e. The SMILES string of the molecule is CCC(C)C1(C2CNc3ccccc32)CCCC1. The number of hydrogen-bond donors (Lipinski definition) is 1. The Morgan fingerprint density at radius 3 is 2.72 bits per heavy atom. The van der Waals surface area contributed by atoms with Gasteiger partial charge in [-0.25, -0.2) is 0 Å². The van der Waals surface area contributed by atoms with E-state index in [4.69, 9.17) is 0 Å². The summed E-state index contributed by atoms with van der Waals surface area (Å²) in [6.07, 6.45) is 7.05. The number of hydrogen-bond acceptors (Lipinski definition) is 1. The molecule has 1 heteroatoms. The minimum atomic E-state index is 0.564. The van der Waals surface area contributed by atoms with Crippen LogP contribution >= 0.6 is 0 Å². The third kappa shape index (κ3) is 1.67. The van der Waals surface area contributed by atoms with E-state index in [-0.39, 0.29) is 0 Å². The van der Waals surface area contributed by atoms with Crippen molar-refractivity contribution >= 4 is 5.69 Å². The van der Waals surface area contributed by atoms with Crippen LogP contribution in [0, 0.1) is 11.3 Å². The van der Waals surface area contributed by atoms with E-state index in [1.807, 2.05) is 0 Å². The van der Waals surface area contributed by atoms with Gasteiger partial charge in [-0.05, 0) is 35.8 Å². The van der Waals surface area contributed by atoms with Crippen LogP contribution in [-0.2, 0) is 0 Å². The van der Waals surface area contributed by atoms with Crippen LogP contribution in [0.4, 0.5) is 5.69 Å². The maximum atomic E-state index is 3.63. The molecule has 98 valence electrons. The molecule has 1 aromatic carbocycles. The largest absolute Gasteiger partial charge is 0.384 e. The summed E-state index contributed by atoms with van der Waals surface area (Å²) in [7, 11) is 0. The molecule has 1 fully saturated rings. The van der Waals surface area contributed by atoms with Crippen LogP contribution in [-0.4, -0.2) is 6.54 Å². The monoisotopic (exact) mass is 243 g/mol. The first-order chi connectivity index (χ1) is 8.78. The third-order valence-corrected chi connectivity index (χ3v) is 5.66. The van der Waals surface area contributed by atoms with Gasteiger partial charge in [-0.15, -0.1) is 0 Å². The highest BCUT2D eigenvalue weighted by molar-refractivity contribution is 5.58. The summed E-state index contributed by atoms with van der Waals surface area (Å²) in [5.74, 6) is 1.59. The quantitative estimate of drug-likeness (QED) is 0.804. The second-order valence-corrected chi connectivity index (χ2v) is 6.27. The van der Waals surface area contributed by atoms with Crippen LogP contribution in [0.3, 0.4) is 0 Å². The van der Waals surface area contributed by atoms with Crippen molar-refractivity contribution in [3.8, 4) is 0 Å². The van der Waals surface area contributed by atoms with Crippen LogP contribution in [0.25, 0.3) is 0 Å². The molecular formula is C17H25N. The predicted molar refractivity (Wildman–Crippen MR) is 78.0 cm³/mol. The lowest BCUT2D eigenvalue weighted by Gasteiger charge is -2.41. The molecule has 0 saturated heterocycles. The standard InChI is InChI=1S/C17H25N/c1-3-13(2)17(10-6-7-11-17)15-12-18-16-9-5-4-8-14(15)16/h4-5,8-9,13,15,18H,3,6-7,10-12H2,1-2H3. The maximum Gasteiger partial charge on any atom is 0.0376 e. The summed E-state index contributed by atoms with van der Waals surface area (Å²) in [5, 5.41) is 3.63. The number of rotatable bonds is 3. The van der Waals surface area contributed by atoms with Gasteiger partial charge in [-0.2, -0.15) is 0 Å². The molecule has 0 aromatic heterocycles. The Balaban J connectivity index is 1.98. The summed E-state index contributed by atoms with van der Waals surface area (Å²) in [6.45, 7) is 6.00. The molecule has 2 aliphatic rings. The first kappa shape index (κ1) is 12.1. The highest BCUT2D eigenvalue weighted by Crippen LogP contribution is 2.57. The van der Waals surface area contributed by atoms with E-state index in [2.05, 4.69) is 43.4 Å². The molecule has 18 heavy (non-hydrogen) atoms. The molecule has 1 nitrogen and oxygen atoms in total. The van der Waals surface area contributed by atoms with Gasteiger partial charge in [-0.1, -0.05) is 51.3 Å². The molecule has 0 bridgehead atoms. The van der Waals surface area contributed by atoms with Gasteiger partial charge < -0.3 is 5.32 Å². The molecule has 2 unspecified atom stereocenters. The molecule has 3 rings (SSSR count). The summed E-state index contributed by atoms with van der Waals surface area (Å²) in [5.41, 5.74) is 3.53. The first-order valence-electron chi connectivity index (χ1n) is 7.60. The van der Waals surface area contributed by atoms with Gasteiger partial charge in [0.1, 0.15) is 0 Å². The van der Waals surface area contributed by atoms with Gasteiger partial charge in [0, 0.05) is 18.2 Å². The molecule has 0 spiro atoms. The lowest BCUT2D eigenvalue weighted by atomic mass is 9.63. The number of anilines is 1. The first-order valence-corrected chi connectivity index (χ1v) is 7.60. The Labute approximate surface area is 111 Å². The van der Waals surface area contributed by atoms with Gasteiger partial charge in [-0.3, -0.25) is 0 Å². The second kappa shape index (κ2) is 4.60. The maximum absolute atomic E-state index is 3.63. The number of nitrogens with one attached hydrogen (secondary N) is 1. The number of benzene rings is 1. The molecule has 1 N–H and O–H groups in total. The average Bonchev–Trinajstić information content (AvgIpc) is 3.04. The number of para-hydroxylation sites is 1. The van der Waals surface area contributed by atoms with Crippen molar-refractivity contribution in [2.45, 2.75) is 51.9 Å². The van der Waals surface area contributed by atoms with Crippen molar-refractivity contribution in [3.63, 3.8) is 0 Å². The van der Waals surface area contributed by atoms with E-state index in [0.717, 1.165) is 18.4 Å². The summed E-state index contributed by atoms with van der Waals surface area (Å²) in [6, 6.07) is 8.95. The molecular weight excluding hydrogens is 218 g/mol. The Hall–Kier alpha value is -0.980. The van der Waals surface area contributed by atoms with Crippen molar-refractivity contribution in [1.29, 1.82) is 0 Å². The summed E-state index contributed by atoms with van der Waals surface area (Å²) in [4.78, 5) is 0. The van der Waals surface area contributed by atoms with Crippen LogP contribution in [0.15, 0.2) is 24.3 Å². The summed E-state index contributed by atoms with van der Waals surface area (Å²) < 4.78 is 0. The third-order valence-electron chi connectivity index (χ3n) is 5.66. The van der Waals surface area contributed by atoms with Gasteiger partial charge >= 0.3 is 0 Å². The molecule has 1 saturated carbocycles. The molecule has 0 radical (unpaired) electrons. The average molecular weight is 243 g/mol. The fraction of sp³-hybridized carbons (Fsp3) is 0.647. The Kier molecular flexibility index (Phi) is 3.09. The Morgan fingerprint density at radius 1 is 1.28 bits per heavy atom. The van der Waals surface area contributed by atoms with E-state index in [1.165, 1.54) is 37.8 Å². The lowest BCUT2D eigenvalue weighted by Crippen LogP contribution is -2.33. The minimum absolute atomic E-state index is 0.564. The zero-order chi connectivity index (χ0) is 12.6. The van der Waals surface area contributed by atoms with Crippen molar-refractivity contribution in [1.82, 2.24) is 0 Å². The van der Waals surface area contributed by atoms with Crippen molar-refractivity contribution in [2.75, 3.05) is 11.9 Å². The van der Waals surface area contributed by atoms with Crippen molar-refractivity contribution in [2.24, 2.45) is 11.3 Å². The zero-order valence-electron chi connectivity index (χ0n) is 11.7. The Bertz CT molecular complexity index is 417. The van der Waals surface area contributed by atoms with Crippen LogP contribution in [0.5, 0.6) is 0 Å². The predicted octanol–water partition coefficient (Wildman–Crippen LogP) is 4.80. The fourth-order valence-electron chi connectivity index (χ4n) is 4.42. The number of fused-ring (bicyclic) bond motifs is 1. The molecule has 1 aliphatic heterocycles. The van der Waals surface area contributed by atoms with E-state index in [0.29, 0.717) is 5.41 Å². The molecule has 1 heterocycles. The van der Waals surface area contributed by atoms with Crippen LogP contribution < -0.4 is 5.32 Å². The van der Waals surface area contributed by atoms with Gasteiger partial charge in [0.05, 0.1) is 0 Å². The van der Waals surface area contributed by atoms with E-state index in [9.17, 15) is 0 Å². The van der Waals surface area contributed by atoms with Gasteiger partial charge in [0.2, 0.25) is 0 Å². The molecule has 2 atom stereocenters. The fourth-order valence-corrected chi connectivity index (χ4v) is 4.42. The van der Waals surface area contributed by atoms with Gasteiger partial charge in [0.15, 0.2) is 0 Å². The Morgan fingerprint density at radius 2 is 2.00 bits per heavy atom. The second-order valence-electron chi connectivity index (χ2n) is 6.27. The zero-order valence-corrected chi connectivity index (χ0v) is 11.7. The van der Waals surface area contributed by atoms with E-state index < -0.39 is 0 Å². The van der Waals surface area contributed by atoms with Crippen molar-refractivity contribution < 1.29 is 0 Å². The molecule has 1 aliphatic carbocycles. The molecule has 1 aromatic rings. The lowest BCUT2D eigenvalue weighted by molar-refractivity contribution is 0.138. The minimum Gasteiger partial charge on any atom is -0.384 e. The highest BCUT2D eigenvalue weighted by Gasteiger charge is 2.47. The summed E-state index contributed by atoms with van der Waals surface area (Å²) >= 11 is 0. The van der Waals surface area contributed by atoms with Gasteiger partial charge in [0.25, 0.3) is 0 Å². The molecule has 0 amide bonds. The van der Waals surface area contributed by atoms with E-state index >= 15 is 0 Å². The van der Waals surface area contributed by atoms with Crippen LogP contribution in [0.2, 0.25) is 0 Å². The van der Waals surface area contributed by atoms with Crippen molar-refractivity contribution in [3.05, 3.63) is 29.8 Å². The normalized spacial score (nSPS) is 26.7. The topological polar surface area (TPSA) is 12.0 Å². The van der Waals surface area contributed by atoms with Crippen LogP contribution in [0.1, 0.15) is 57.4 Å². The van der Waals surface area contributed by atoms with E-state index in [1.54, 1.807) is 5.56 Å².